The Balaban J connectivity index is 1.72. The molecule has 0 amide bonds. The lowest BCUT2D eigenvalue weighted by Crippen LogP contribution is -2.86. The summed E-state index contributed by atoms with van der Waals surface area (Å²) < 4.78 is 6.35. The van der Waals surface area contributed by atoms with Gasteiger partial charge in [0.05, 0.1) is 0 Å². The van der Waals surface area contributed by atoms with Gasteiger partial charge < -0.3 is 9.96 Å². The maximum Gasteiger partial charge on any atom is 0.371 e. The molecule has 0 aliphatic heterocycles. The molecule has 31 heavy (non-hydrogen) atoms. The van der Waals surface area contributed by atoms with Crippen LogP contribution in [0.1, 0.15) is 128 Å². The summed E-state index contributed by atoms with van der Waals surface area (Å²) in [6.45, 7) is 0. The van der Waals surface area contributed by atoms with Gasteiger partial charge in [0.15, 0.2) is 0 Å². The van der Waals surface area contributed by atoms with Gasteiger partial charge in [0.25, 0.3) is 0 Å². The molecule has 0 atom stereocenters. The first kappa shape index (κ1) is 24.2. The third-order valence-electron chi connectivity index (χ3n) is 9.32. The summed E-state index contributed by atoms with van der Waals surface area (Å²) in [5, 5.41) is 0. The van der Waals surface area contributed by atoms with Crippen molar-refractivity contribution in [2.45, 2.75) is 153 Å². The molecule has 4 rings (SSSR count). The maximum absolute atomic E-state index is 4.13. The Bertz CT molecular complexity index is 424. The van der Waals surface area contributed by atoms with Crippen LogP contribution >= 0.6 is 0 Å². The minimum Gasteiger partial charge on any atom is -0.303 e. The monoisotopic (exact) mass is 448 g/mol. The largest absolute Gasteiger partial charge is 0.371 e. The van der Waals surface area contributed by atoms with Gasteiger partial charge in [-0.3, -0.25) is 9.13 Å². The van der Waals surface area contributed by atoms with Crippen LogP contribution in [0.25, 0.3) is 0 Å². The molecule has 0 aromatic heterocycles. The second-order valence-electron chi connectivity index (χ2n) is 11.2. The van der Waals surface area contributed by atoms with E-state index in [1.54, 1.807) is 0 Å². The van der Waals surface area contributed by atoms with Crippen LogP contribution in [0.3, 0.4) is 0 Å². The minimum atomic E-state index is -2.19. The third-order valence-corrected chi connectivity index (χ3v) is 13.7. The lowest BCUT2D eigenvalue weighted by atomic mass is 9.90. The molecular formula is C26H52N4Si. The molecule has 0 bridgehead atoms. The number of hydrogen-bond donors (Lipinski definition) is 2. The molecule has 0 spiro atoms. The number of rotatable bonds is 8. The molecule has 5 heteroatoms. The molecule has 4 aliphatic carbocycles. The van der Waals surface area contributed by atoms with Gasteiger partial charge >= 0.3 is 8.72 Å². The zero-order valence-corrected chi connectivity index (χ0v) is 21.8. The second kappa shape index (κ2) is 12.0. The zero-order chi connectivity index (χ0) is 21.5. The number of nitrogens with zero attached hydrogens (tertiary/aromatic N) is 2. The summed E-state index contributed by atoms with van der Waals surface area (Å²) in [4.78, 5) is 8.27. The van der Waals surface area contributed by atoms with Crippen LogP contribution in [0.15, 0.2) is 0 Å². The Hall–Kier alpha value is 0.0569. The van der Waals surface area contributed by atoms with E-state index in [-0.39, 0.29) is 0 Å². The van der Waals surface area contributed by atoms with Crippen molar-refractivity contribution in [1.82, 2.24) is 19.1 Å². The smallest absolute Gasteiger partial charge is 0.303 e. The van der Waals surface area contributed by atoms with Gasteiger partial charge in [-0.05, 0) is 65.5 Å². The summed E-state index contributed by atoms with van der Waals surface area (Å²) in [5.74, 6) is 0. The summed E-state index contributed by atoms with van der Waals surface area (Å²) in [7, 11) is 2.45. The van der Waals surface area contributed by atoms with Crippen molar-refractivity contribution in [1.29, 1.82) is 0 Å². The van der Waals surface area contributed by atoms with Crippen molar-refractivity contribution in [3.63, 3.8) is 0 Å². The first-order valence-corrected chi connectivity index (χ1v) is 16.1. The zero-order valence-electron chi connectivity index (χ0n) is 20.8. The standard InChI is InChI=1S/C26H52N4Si/c1-27-31(28-2,29(23-15-7-3-8-16-23)24-17-9-4-10-18-24)30(25-19-11-5-12-20-25)26-21-13-6-14-22-26/h23-28H,3-22H2,1-2H3. The molecule has 4 aliphatic rings. The molecule has 0 saturated heterocycles. The van der Waals surface area contributed by atoms with Gasteiger partial charge in [0.2, 0.25) is 0 Å². The Labute approximate surface area is 194 Å². The maximum atomic E-state index is 4.13. The van der Waals surface area contributed by atoms with Crippen LogP contribution in [-0.2, 0) is 0 Å². The topological polar surface area (TPSA) is 30.5 Å². The lowest BCUT2D eigenvalue weighted by molar-refractivity contribution is 0.0870. The highest BCUT2D eigenvalue weighted by Gasteiger charge is 2.54. The fourth-order valence-corrected chi connectivity index (χ4v) is 12.6. The lowest BCUT2D eigenvalue weighted by Gasteiger charge is -2.59. The van der Waals surface area contributed by atoms with E-state index in [1.165, 1.54) is 128 Å². The fourth-order valence-electron chi connectivity index (χ4n) is 7.86. The molecule has 0 aromatic carbocycles. The van der Waals surface area contributed by atoms with E-state index in [0.29, 0.717) is 0 Å². The van der Waals surface area contributed by atoms with E-state index >= 15 is 0 Å². The first-order valence-electron chi connectivity index (χ1n) is 14.2. The Morgan fingerprint density at radius 1 is 0.419 bits per heavy atom. The van der Waals surface area contributed by atoms with E-state index in [4.69, 9.17) is 0 Å². The molecule has 0 aromatic rings. The van der Waals surface area contributed by atoms with Crippen LogP contribution in [0, 0.1) is 0 Å². The molecule has 4 nitrogen and oxygen atoms in total. The molecule has 4 saturated carbocycles. The molecule has 180 valence electrons. The van der Waals surface area contributed by atoms with Crippen molar-refractivity contribution in [2.24, 2.45) is 0 Å². The summed E-state index contributed by atoms with van der Waals surface area (Å²) in [5.41, 5.74) is 0. The van der Waals surface area contributed by atoms with Crippen molar-refractivity contribution in [3.05, 3.63) is 0 Å². The number of nitrogens with one attached hydrogen (secondary N) is 2. The molecule has 0 radical (unpaired) electrons. The van der Waals surface area contributed by atoms with Crippen LogP contribution in [-0.4, -0.2) is 56.1 Å². The SMILES string of the molecule is CN[Si](NC)(N(C1CCCCC1)C1CCCCC1)N(C1CCCCC1)C1CCCCC1. The first-order chi connectivity index (χ1) is 15.3. The Morgan fingerprint density at radius 2 is 0.645 bits per heavy atom. The van der Waals surface area contributed by atoms with E-state index in [1.807, 2.05) is 0 Å². The van der Waals surface area contributed by atoms with Crippen LogP contribution in [0.4, 0.5) is 0 Å². The molecule has 0 heterocycles. The van der Waals surface area contributed by atoms with Crippen molar-refractivity contribution < 1.29 is 0 Å². The minimum absolute atomic E-state index is 0.790. The van der Waals surface area contributed by atoms with Crippen LogP contribution < -0.4 is 9.96 Å². The van der Waals surface area contributed by atoms with E-state index in [2.05, 4.69) is 33.2 Å². The molecule has 0 unspecified atom stereocenters. The van der Waals surface area contributed by atoms with Gasteiger partial charge in [-0.1, -0.05) is 77.0 Å². The van der Waals surface area contributed by atoms with Gasteiger partial charge in [-0.15, -0.1) is 0 Å². The number of hydrogen-bond acceptors (Lipinski definition) is 4. The van der Waals surface area contributed by atoms with Crippen LogP contribution in [0.5, 0.6) is 0 Å². The Morgan fingerprint density at radius 3 is 0.839 bits per heavy atom. The Kier molecular flexibility index (Phi) is 9.34. The highest BCUT2D eigenvalue weighted by Crippen LogP contribution is 2.38. The van der Waals surface area contributed by atoms with Crippen molar-refractivity contribution in [2.75, 3.05) is 14.1 Å². The third kappa shape index (κ3) is 5.42. The summed E-state index contributed by atoms with van der Waals surface area (Å²) >= 11 is 0. The van der Waals surface area contributed by atoms with Gasteiger partial charge in [0, 0.05) is 24.2 Å². The van der Waals surface area contributed by atoms with Crippen molar-refractivity contribution >= 4 is 8.72 Å². The summed E-state index contributed by atoms with van der Waals surface area (Å²) in [6.07, 6.45) is 28.8. The average molecular weight is 449 g/mol. The average Bonchev–Trinajstić information content (AvgIpc) is 2.86. The highest BCUT2D eigenvalue weighted by molar-refractivity contribution is 6.69. The molecule has 4 fully saturated rings. The van der Waals surface area contributed by atoms with E-state index in [9.17, 15) is 0 Å². The molecular weight excluding hydrogens is 396 g/mol. The summed E-state index contributed by atoms with van der Waals surface area (Å²) in [6, 6.07) is 3.16. The van der Waals surface area contributed by atoms with Gasteiger partial charge in [-0.25, -0.2) is 0 Å². The van der Waals surface area contributed by atoms with Crippen molar-refractivity contribution in [3.8, 4) is 0 Å². The highest BCUT2D eigenvalue weighted by atomic mass is 28.4. The van der Waals surface area contributed by atoms with Gasteiger partial charge in [-0.2, -0.15) is 0 Å². The van der Waals surface area contributed by atoms with Gasteiger partial charge in [0.1, 0.15) is 0 Å². The van der Waals surface area contributed by atoms with E-state index in [0.717, 1.165) is 24.2 Å². The normalized spacial score (nSPS) is 26.7. The predicted octanol–water partition coefficient (Wildman–Crippen LogP) is 5.80. The van der Waals surface area contributed by atoms with E-state index < -0.39 is 8.72 Å². The second-order valence-corrected chi connectivity index (χ2v) is 14.5. The molecule has 2 N–H and O–H groups in total. The van der Waals surface area contributed by atoms with Crippen LogP contribution in [0.2, 0.25) is 0 Å². The fraction of sp³-hybridized carbons (Fsp3) is 1.00. The quantitative estimate of drug-likeness (QED) is 0.460. The predicted molar refractivity (Wildman–Crippen MR) is 135 cm³/mol.